The molecule has 0 spiro atoms. The molecule has 2 aromatic rings. The summed E-state index contributed by atoms with van der Waals surface area (Å²) in [6, 6.07) is 11.5. The van der Waals surface area contributed by atoms with Crippen molar-refractivity contribution >= 4 is 33.7 Å². The largest absolute Gasteiger partial charge is 0.488 e. The number of carbonyl (C=O) groups excluding carboxylic acids is 1. The second kappa shape index (κ2) is 8.21. The lowest BCUT2D eigenvalue weighted by Crippen LogP contribution is -2.12. The Balaban J connectivity index is 1.98. The quantitative estimate of drug-likeness (QED) is 0.463. The van der Waals surface area contributed by atoms with Gasteiger partial charge >= 0.3 is 0 Å². The number of hydrogen-bond acceptors (Lipinski definition) is 5. The Morgan fingerprint density at radius 2 is 2.04 bits per heavy atom. The van der Waals surface area contributed by atoms with E-state index >= 15 is 0 Å². The van der Waals surface area contributed by atoms with Gasteiger partial charge in [-0.25, -0.2) is 5.43 Å². The van der Waals surface area contributed by atoms with E-state index in [2.05, 4.69) is 26.5 Å². The third-order valence-corrected chi connectivity index (χ3v) is 3.55. The first-order chi connectivity index (χ1) is 11.5. The number of rotatable bonds is 6. The van der Waals surface area contributed by atoms with Gasteiger partial charge in [0.15, 0.2) is 0 Å². The number of ether oxygens (including phenoxy) is 1. The summed E-state index contributed by atoms with van der Waals surface area (Å²) in [7, 11) is 0. The Bertz CT molecular complexity index is 775. The number of nitrogens with one attached hydrogen (secondary N) is 1. The Labute approximate surface area is 146 Å². The minimum Gasteiger partial charge on any atom is -0.488 e. The molecule has 0 saturated heterocycles. The molecule has 1 N–H and O–H groups in total. The number of halogens is 1. The van der Waals surface area contributed by atoms with Crippen molar-refractivity contribution in [2.24, 2.45) is 5.10 Å². The van der Waals surface area contributed by atoms with Crippen LogP contribution in [0.2, 0.25) is 0 Å². The number of carbonyl (C=O) groups is 1. The van der Waals surface area contributed by atoms with Crippen LogP contribution in [0.15, 0.2) is 52.0 Å². The zero-order valence-corrected chi connectivity index (χ0v) is 14.3. The molecule has 0 aliphatic heterocycles. The fourth-order valence-corrected chi connectivity index (χ4v) is 2.30. The Hall–Kier alpha value is -2.74. The molecule has 24 heavy (non-hydrogen) atoms. The highest BCUT2D eigenvalue weighted by atomic mass is 79.9. The Morgan fingerprint density at radius 3 is 2.62 bits per heavy atom. The minimum atomic E-state index is -0.442. The van der Waals surface area contributed by atoms with Gasteiger partial charge < -0.3 is 4.74 Å². The molecular weight excluding hydrogens is 378 g/mol. The van der Waals surface area contributed by atoms with E-state index in [9.17, 15) is 14.9 Å². The van der Waals surface area contributed by atoms with Crippen molar-refractivity contribution < 1.29 is 14.5 Å². The first-order valence-electron chi connectivity index (χ1n) is 6.91. The molecule has 0 aliphatic rings. The third kappa shape index (κ3) is 5.17. The van der Waals surface area contributed by atoms with Gasteiger partial charge in [-0.1, -0.05) is 0 Å². The second-order valence-corrected chi connectivity index (χ2v) is 5.68. The lowest BCUT2D eigenvalue weighted by molar-refractivity contribution is -0.384. The normalized spacial score (nSPS) is 10.6. The van der Waals surface area contributed by atoms with Crippen molar-refractivity contribution in [3.05, 3.63) is 68.2 Å². The van der Waals surface area contributed by atoms with E-state index in [4.69, 9.17) is 4.74 Å². The predicted octanol–water partition coefficient (Wildman–Crippen LogP) is 3.41. The molecule has 0 unspecified atom stereocenters. The summed E-state index contributed by atoms with van der Waals surface area (Å²) in [4.78, 5) is 20.9. The van der Waals surface area contributed by atoms with E-state index < -0.39 is 4.92 Å². The average molecular weight is 392 g/mol. The zero-order chi connectivity index (χ0) is 17.5. The van der Waals surface area contributed by atoms with Crippen molar-refractivity contribution in [2.45, 2.75) is 13.5 Å². The van der Waals surface area contributed by atoms with Gasteiger partial charge in [-0.15, -0.1) is 0 Å². The third-order valence-electron chi connectivity index (χ3n) is 2.93. The molecule has 8 heteroatoms. The first-order valence-corrected chi connectivity index (χ1v) is 7.70. The van der Waals surface area contributed by atoms with Gasteiger partial charge in [0.1, 0.15) is 12.4 Å². The molecule has 1 amide bonds. The van der Waals surface area contributed by atoms with Crippen molar-refractivity contribution in [1.29, 1.82) is 0 Å². The standard InChI is InChI=1S/C16H14BrN3O4/c1-11(21)19-18-9-13-4-7-16(15(17)8-13)24-10-12-2-5-14(6-3-12)20(22)23/h2-9H,10H2,1H3,(H,19,21)/b18-9+. The van der Waals surface area contributed by atoms with E-state index in [-0.39, 0.29) is 18.2 Å². The Kier molecular flexibility index (Phi) is 6.02. The van der Waals surface area contributed by atoms with Crippen molar-refractivity contribution in [2.75, 3.05) is 0 Å². The number of hydrogen-bond donors (Lipinski definition) is 1. The van der Waals surface area contributed by atoms with E-state index in [1.54, 1.807) is 30.3 Å². The number of amides is 1. The monoisotopic (exact) mass is 391 g/mol. The maximum atomic E-state index is 10.7. The molecule has 0 fully saturated rings. The van der Waals surface area contributed by atoms with E-state index in [0.717, 1.165) is 15.6 Å². The zero-order valence-electron chi connectivity index (χ0n) is 12.7. The highest BCUT2D eigenvalue weighted by Gasteiger charge is 2.06. The fourth-order valence-electron chi connectivity index (χ4n) is 1.79. The van der Waals surface area contributed by atoms with Crippen LogP contribution in [0.25, 0.3) is 0 Å². The van der Waals surface area contributed by atoms with Gasteiger partial charge in [0.05, 0.1) is 15.6 Å². The lowest BCUT2D eigenvalue weighted by Gasteiger charge is -2.09. The van der Waals surface area contributed by atoms with Crippen LogP contribution >= 0.6 is 15.9 Å². The number of nitro benzene ring substituents is 1. The Morgan fingerprint density at radius 1 is 1.33 bits per heavy atom. The molecule has 2 rings (SSSR count). The summed E-state index contributed by atoms with van der Waals surface area (Å²) in [5.74, 6) is 0.387. The molecule has 0 atom stereocenters. The molecule has 7 nitrogen and oxygen atoms in total. The highest BCUT2D eigenvalue weighted by Crippen LogP contribution is 2.26. The molecule has 0 saturated carbocycles. The molecule has 0 radical (unpaired) electrons. The van der Waals surface area contributed by atoms with Crippen molar-refractivity contribution in [3.8, 4) is 5.75 Å². The summed E-state index contributed by atoms with van der Waals surface area (Å²) in [5.41, 5.74) is 3.98. The fraction of sp³-hybridized carbons (Fsp3) is 0.125. The topological polar surface area (TPSA) is 93.8 Å². The molecule has 124 valence electrons. The first kappa shape index (κ1) is 17.6. The van der Waals surface area contributed by atoms with Crippen LogP contribution in [0.3, 0.4) is 0 Å². The molecule has 0 bridgehead atoms. The van der Waals surface area contributed by atoms with Crippen LogP contribution in [0.5, 0.6) is 5.75 Å². The van der Waals surface area contributed by atoms with E-state index in [1.807, 2.05) is 0 Å². The van der Waals surface area contributed by atoms with Gasteiger partial charge in [0.25, 0.3) is 5.69 Å². The highest BCUT2D eigenvalue weighted by molar-refractivity contribution is 9.10. The van der Waals surface area contributed by atoms with E-state index in [1.165, 1.54) is 25.3 Å². The van der Waals surface area contributed by atoms with Gasteiger partial charge in [-0.05, 0) is 57.4 Å². The van der Waals surface area contributed by atoms with Crippen LogP contribution in [-0.2, 0) is 11.4 Å². The lowest BCUT2D eigenvalue weighted by atomic mass is 10.2. The molecule has 0 aromatic heterocycles. The number of non-ortho nitro benzene ring substituents is 1. The second-order valence-electron chi connectivity index (χ2n) is 4.83. The number of hydrazone groups is 1. The summed E-state index contributed by atoms with van der Waals surface area (Å²) in [6.45, 7) is 1.66. The summed E-state index contributed by atoms with van der Waals surface area (Å²) < 4.78 is 6.42. The van der Waals surface area contributed by atoms with Crippen molar-refractivity contribution in [3.63, 3.8) is 0 Å². The maximum Gasteiger partial charge on any atom is 0.269 e. The molecule has 2 aromatic carbocycles. The summed E-state index contributed by atoms with van der Waals surface area (Å²) >= 11 is 3.41. The van der Waals surface area contributed by atoms with Crippen LogP contribution in [0.1, 0.15) is 18.1 Å². The van der Waals surface area contributed by atoms with Gasteiger partial charge in [0, 0.05) is 19.1 Å². The summed E-state index contributed by atoms with van der Waals surface area (Å²) in [5, 5.41) is 14.4. The van der Waals surface area contributed by atoms with Crippen LogP contribution in [-0.4, -0.2) is 17.0 Å². The molecular formula is C16H14BrN3O4. The minimum absolute atomic E-state index is 0.0442. The molecule has 0 aliphatic carbocycles. The average Bonchev–Trinajstić information content (AvgIpc) is 2.54. The SMILES string of the molecule is CC(=O)N/N=C/c1ccc(OCc2ccc([N+](=O)[O-])cc2)c(Br)c1. The van der Waals surface area contributed by atoms with Crippen molar-refractivity contribution in [1.82, 2.24) is 5.43 Å². The van der Waals surface area contributed by atoms with Gasteiger partial charge in [0.2, 0.25) is 5.91 Å². The number of nitrogens with zero attached hydrogens (tertiary/aromatic N) is 2. The smallest absolute Gasteiger partial charge is 0.269 e. The molecule has 0 heterocycles. The maximum absolute atomic E-state index is 10.7. The summed E-state index contributed by atoms with van der Waals surface area (Å²) in [6.07, 6.45) is 1.52. The number of benzene rings is 2. The van der Waals surface area contributed by atoms with Gasteiger partial charge in [-0.3, -0.25) is 14.9 Å². The van der Waals surface area contributed by atoms with E-state index in [0.29, 0.717) is 5.75 Å². The van der Waals surface area contributed by atoms with Gasteiger partial charge in [-0.2, -0.15) is 5.10 Å². The predicted molar refractivity (Wildman–Crippen MR) is 93.0 cm³/mol. The van der Waals surface area contributed by atoms with Crippen LogP contribution in [0, 0.1) is 10.1 Å². The van der Waals surface area contributed by atoms with Crippen LogP contribution < -0.4 is 10.2 Å². The van der Waals surface area contributed by atoms with Crippen LogP contribution in [0.4, 0.5) is 5.69 Å². The number of nitro groups is 1.